The maximum atomic E-state index is 6.22. The highest BCUT2D eigenvalue weighted by molar-refractivity contribution is 6.65. The van der Waals surface area contributed by atoms with E-state index in [9.17, 15) is 0 Å². The zero-order valence-corrected chi connectivity index (χ0v) is 13.1. The molecule has 2 aromatic rings. The third kappa shape index (κ3) is 2.28. The van der Waals surface area contributed by atoms with Gasteiger partial charge in [0.2, 0.25) is 0 Å². The normalized spacial score (nSPS) is 20.1. The number of hydrogen-bond acceptors (Lipinski definition) is 3. The lowest BCUT2D eigenvalue weighted by molar-refractivity contribution is 0.00578. The van der Waals surface area contributed by atoms with Crippen LogP contribution >= 0.6 is 0 Å². The van der Waals surface area contributed by atoms with E-state index in [4.69, 9.17) is 15.0 Å². The molecule has 0 spiro atoms. The van der Waals surface area contributed by atoms with Crippen LogP contribution in [0.5, 0.6) is 0 Å². The van der Waals surface area contributed by atoms with Crippen LogP contribution in [-0.2, 0) is 15.9 Å². The van der Waals surface area contributed by atoms with Gasteiger partial charge in [-0.05, 0) is 49.5 Å². The molecule has 1 fully saturated rings. The van der Waals surface area contributed by atoms with Crippen molar-refractivity contribution < 1.29 is 9.31 Å². The minimum Gasteiger partial charge on any atom is -0.399 e. The van der Waals surface area contributed by atoms with Gasteiger partial charge < -0.3 is 15.0 Å². The predicted molar refractivity (Wildman–Crippen MR) is 87.6 cm³/mol. The summed E-state index contributed by atoms with van der Waals surface area (Å²) < 4.78 is 12.4. The summed E-state index contributed by atoms with van der Waals surface area (Å²) in [5, 5.41) is 2.33. The molecule has 0 atom stereocenters. The summed E-state index contributed by atoms with van der Waals surface area (Å²) in [5.74, 6) is 0. The Labute approximate surface area is 126 Å². The van der Waals surface area contributed by atoms with Crippen molar-refractivity contribution >= 4 is 23.4 Å². The molecule has 21 heavy (non-hydrogen) atoms. The Hall–Kier alpha value is -1.36. The third-order valence-electron chi connectivity index (χ3n) is 4.77. The summed E-state index contributed by atoms with van der Waals surface area (Å²) in [6.07, 6.45) is 0. The molecule has 0 unspecified atom stereocenters. The van der Waals surface area contributed by atoms with Crippen molar-refractivity contribution in [3.63, 3.8) is 0 Å². The minimum absolute atomic E-state index is 0.347. The van der Waals surface area contributed by atoms with Gasteiger partial charge in [-0.2, -0.15) is 0 Å². The third-order valence-corrected chi connectivity index (χ3v) is 4.77. The highest BCUT2D eigenvalue weighted by Gasteiger charge is 2.52. The molecule has 2 N–H and O–H groups in total. The first-order valence-corrected chi connectivity index (χ1v) is 7.42. The van der Waals surface area contributed by atoms with Crippen molar-refractivity contribution in [1.29, 1.82) is 0 Å². The van der Waals surface area contributed by atoms with Crippen LogP contribution in [0.4, 0.5) is 0 Å². The highest BCUT2D eigenvalue weighted by Crippen LogP contribution is 2.37. The lowest BCUT2D eigenvalue weighted by atomic mass is 9.73. The molecule has 110 valence electrons. The molecule has 1 aliphatic rings. The van der Waals surface area contributed by atoms with Gasteiger partial charge in [0.15, 0.2) is 0 Å². The van der Waals surface area contributed by atoms with Crippen molar-refractivity contribution in [3.8, 4) is 0 Å². The van der Waals surface area contributed by atoms with Crippen LogP contribution in [0, 0.1) is 0 Å². The zero-order chi connectivity index (χ0) is 15.3. The number of benzene rings is 2. The number of hydrogen-bond donors (Lipinski definition) is 1. The Kier molecular flexibility index (Phi) is 3.36. The molecule has 3 nitrogen and oxygen atoms in total. The van der Waals surface area contributed by atoms with Crippen molar-refractivity contribution in [2.75, 3.05) is 0 Å². The quantitative estimate of drug-likeness (QED) is 0.862. The summed E-state index contributed by atoms with van der Waals surface area (Å²) in [6.45, 7) is 8.76. The van der Waals surface area contributed by atoms with Crippen LogP contribution in [0.15, 0.2) is 36.4 Å². The second kappa shape index (κ2) is 4.84. The fourth-order valence-electron chi connectivity index (χ4n) is 2.76. The van der Waals surface area contributed by atoms with Crippen LogP contribution in [0.3, 0.4) is 0 Å². The van der Waals surface area contributed by atoms with E-state index in [1.165, 1.54) is 5.39 Å². The van der Waals surface area contributed by atoms with Gasteiger partial charge in [-0.15, -0.1) is 0 Å². The topological polar surface area (TPSA) is 44.5 Å². The molecule has 3 rings (SSSR count). The van der Waals surface area contributed by atoms with Gasteiger partial charge in [0, 0.05) is 6.54 Å². The maximum Gasteiger partial charge on any atom is 0.495 e. The standard InChI is InChI=1S/C17H22BNO2/c1-16(2)17(3,4)21-18(20-16)15-13(11-19)10-9-12-7-5-6-8-14(12)15/h5-10H,11,19H2,1-4H3. The minimum atomic E-state index is -0.375. The van der Waals surface area contributed by atoms with Crippen LogP contribution in [0.25, 0.3) is 10.8 Å². The zero-order valence-electron chi connectivity index (χ0n) is 13.1. The van der Waals surface area contributed by atoms with Gasteiger partial charge in [-0.3, -0.25) is 0 Å². The molecular weight excluding hydrogens is 261 g/mol. The maximum absolute atomic E-state index is 6.22. The molecule has 1 aliphatic heterocycles. The van der Waals surface area contributed by atoms with Gasteiger partial charge in [0.1, 0.15) is 0 Å². The molecule has 0 aliphatic carbocycles. The average Bonchev–Trinajstić information content (AvgIpc) is 2.65. The summed E-state index contributed by atoms with van der Waals surface area (Å²) in [5.41, 5.74) is 7.38. The summed E-state index contributed by atoms with van der Waals surface area (Å²) >= 11 is 0. The lowest BCUT2D eigenvalue weighted by Crippen LogP contribution is -2.41. The highest BCUT2D eigenvalue weighted by atomic mass is 16.7. The van der Waals surface area contributed by atoms with Gasteiger partial charge >= 0.3 is 7.12 Å². The molecule has 2 aromatic carbocycles. The molecular formula is C17H22BNO2. The Morgan fingerprint density at radius 3 is 2.19 bits per heavy atom. The second-order valence-corrected chi connectivity index (χ2v) is 6.65. The molecule has 4 heteroatoms. The monoisotopic (exact) mass is 283 g/mol. The second-order valence-electron chi connectivity index (χ2n) is 6.65. The predicted octanol–water partition coefficient (Wildman–Crippen LogP) is 2.60. The van der Waals surface area contributed by atoms with E-state index in [0.29, 0.717) is 6.54 Å². The SMILES string of the molecule is CC1(C)OB(c2c(CN)ccc3ccccc23)OC1(C)C. The van der Waals surface area contributed by atoms with E-state index in [1.807, 2.05) is 12.1 Å². The Bertz CT molecular complexity index is 666. The summed E-state index contributed by atoms with van der Waals surface area (Å²) in [4.78, 5) is 0. The van der Waals surface area contributed by atoms with Crippen molar-refractivity contribution in [3.05, 3.63) is 42.0 Å². The Morgan fingerprint density at radius 1 is 0.952 bits per heavy atom. The molecule has 0 radical (unpaired) electrons. The smallest absolute Gasteiger partial charge is 0.399 e. The van der Waals surface area contributed by atoms with Gasteiger partial charge in [0.25, 0.3) is 0 Å². The van der Waals surface area contributed by atoms with Crippen LogP contribution in [0.2, 0.25) is 0 Å². The summed E-state index contributed by atoms with van der Waals surface area (Å²) in [7, 11) is -0.375. The van der Waals surface area contributed by atoms with Gasteiger partial charge in [-0.25, -0.2) is 0 Å². The van der Waals surface area contributed by atoms with E-state index in [-0.39, 0.29) is 18.3 Å². The first-order chi connectivity index (χ1) is 9.86. The van der Waals surface area contributed by atoms with E-state index < -0.39 is 0 Å². The van der Waals surface area contributed by atoms with E-state index in [0.717, 1.165) is 16.4 Å². The fourth-order valence-corrected chi connectivity index (χ4v) is 2.76. The fraction of sp³-hybridized carbons (Fsp3) is 0.412. The number of fused-ring (bicyclic) bond motifs is 1. The van der Waals surface area contributed by atoms with Crippen LogP contribution in [-0.4, -0.2) is 18.3 Å². The van der Waals surface area contributed by atoms with E-state index >= 15 is 0 Å². The number of nitrogens with two attached hydrogens (primary N) is 1. The van der Waals surface area contributed by atoms with Gasteiger partial charge in [-0.1, -0.05) is 36.4 Å². The molecule has 0 saturated carbocycles. The van der Waals surface area contributed by atoms with Crippen LogP contribution in [0.1, 0.15) is 33.3 Å². The van der Waals surface area contributed by atoms with E-state index in [1.54, 1.807) is 0 Å². The average molecular weight is 283 g/mol. The number of rotatable bonds is 2. The lowest BCUT2D eigenvalue weighted by Gasteiger charge is -2.32. The van der Waals surface area contributed by atoms with Gasteiger partial charge in [0.05, 0.1) is 11.2 Å². The first kappa shape index (κ1) is 14.6. The Balaban J connectivity index is 2.16. The first-order valence-electron chi connectivity index (χ1n) is 7.42. The van der Waals surface area contributed by atoms with E-state index in [2.05, 4.69) is 52.0 Å². The van der Waals surface area contributed by atoms with Crippen molar-refractivity contribution in [2.45, 2.75) is 45.4 Å². The molecule has 0 bridgehead atoms. The molecule has 1 heterocycles. The largest absolute Gasteiger partial charge is 0.495 e. The molecule has 0 amide bonds. The summed E-state index contributed by atoms with van der Waals surface area (Å²) in [6, 6.07) is 12.5. The molecule has 0 aromatic heterocycles. The Morgan fingerprint density at radius 2 is 1.57 bits per heavy atom. The van der Waals surface area contributed by atoms with Crippen molar-refractivity contribution in [1.82, 2.24) is 0 Å². The molecule has 1 saturated heterocycles. The van der Waals surface area contributed by atoms with Crippen LogP contribution < -0.4 is 11.2 Å². The van der Waals surface area contributed by atoms with Crippen molar-refractivity contribution in [2.24, 2.45) is 5.73 Å².